The Morgan fingerprint density at radius 3 is 2.50 bits per heavy atom. The van der Waals surface area contributed by atoms with Crippen LogP contribution in [0.5, 0.6) is 0 Å². The third-order valence-electron chi connectivity index (χ3n) is 3.87. The number of carbonyl (C=O) groups is 2. The molecule has 4 N–H and O–H groups in total. The van der Waals surface area contributed by atoms with E-state index in [-0.39, 0.29) is 23.7 Å². The van der Waals surface area contributed by atoms with Crippen LogP contribution in [0.15, 0.2) is 0 Å². The highest BCUT2D eigenvalue weighted by molar-refractivity contribution is 5.79. The summed E-state index contributed by atoms with van der Waals surface area (Å²) in [5.41, 5.74) is 5.36. The molecule has 0 saturated heterocycles. The molecule has 0 aromatic rings. The van der Waals surface area contributed by atoms with E-state index < -0.39 is 5.97 Å². The summed E-state index contributed by atoms with van der Waals surface area (Å²) in [6.45, 7) is 2.84. The van der Waals surface area contributed by atoms with E-state index in [4.69, 9.17) is 10.8 Å². The van der Waals surface area contributed by atoms with E-state index in [1.807, 2.05) is 6.92 Å². The van der Waals surface area contributed by atoms with Crippen LogP contribution >= 0.6 is 0 Å². The summed E-state index contributed by atoms with van der Waals surface area (Å²) in [5.74, 6) is -0.958. The number of hydrogen-bond donors (Lipinski definition) is 3. The van der Waals surface area contributed by atoms with Gasteiger partial charge in [-0.2, -0.15) is 0 Å². The third kappa shape index (κ3) is 3.98. The zero-order chi connectivity index (χ0) is 13.6. The summed E-state index contributed by atoms with van der Waals surface area (Å²) in [6, 6.07) is 0. The zero-order valence-electron chi connectivity index (χ0n) is 11.1. The predicted octanol–water partition coefficient (Wildman–Crippen LogP) is 1.12. The van der Waals surface area contributed by atoms with Gasteiger partial charge in [0.2, 0.25) is 5.91 Å². The largest absolute Gasteiger partial charge is 0.481 e. The molecule has 1 unspecified atom stereocenters. The van der Waals surface area contributed by atoms with Crippen LogP contribution in [0.3, 0.4) is 0 Å². The topological polar surface area (TPSA) is 92.4 Å². The van der Waals surface area contributed by atoms with Crippen LogP contribution in [0.4, 0.5) is 0 Å². The first-order valence-corrected chi connectivity index (χ1v) is 6.72. The standard InChI is InChI=1S/C13H24N2O3/c1-2-4-10(8-14)12(18)15-9-13(5-3-6-13)7-11(16)17/h10H,2-9,14H2,1H3,(H,15,18)(H,16,17). The second-order valence-corrected chi connectivity index (χ2v) is 5.36. The van der Waals surface area contributed by atoms with Crippen molar-refractivity contribution < 1.29 is 14.7 Å². The fourth-order valence-corrected chi connectivity index (χ4v) is 2.54. The molecule has 18 heavy (non-hydrogen) atoms. The van der Waals surface area contributed by atoms with Gasteiger partial charge in [-0.25, -0.2) is 0 Å². The van der Waals surface area contributed by atoms with E-state index in [1.165, 1.54) is 0 Å². The quantitative estimate of drug-likeness (QED) is 0.607. The summed E-state index contributed by atoms with van der Waals surface area (Å²) in [5, 5.41) is 11.8. The number of rotatable bonds is 8. The average molecular weight is 256 g/mol. The first kappa shape index (κ1) is 15.0. The average Bonchev–Trinajstić information content (AvgIpc) is 2.28. The molecule has 0 spiro atoms. The molecule has 5 heteroatoms. The lowest BCUT2D eigenvalue weighted by atomic mass is 9.66. The number of hydrogen-bond acceptors (Lipinski definition) is 3. The van der Waals surface area contributed by atoms with Gasteiger partial charge in [0.05, 0.1) is 12.3 Å². The van der Waals surface area contributed by atoms with Crippen LogP contribution in [0, 0.1) is 11.3 Å². The van der Waals surface area contributed by atoms with E-state index in [2.05, 4.69) is 5.32 Å². The molecule has 1 rings (SSSR count). The maximum absolute atomic E-state index is 11.9. The molecule has 1 saturated carbocycles. The van der Waals surface area contributed by atoms with Gasteiger partial charge in [-0.3, -0.25) is 9.59 Å². The van der Waals surface area contributed by atoms with Crippen molar-refractivity contribution in [3.8, 4) is 0 Å². The Bertz CT molecular complexity index is 301. The van der Waals surface area contributed by atoms with Crippen LogP contribution < -0.4 is 11.1 Å². The summed E-state index contributed by atoms with van der Waals surface area (Å²) in [7, 11) is 0. The minimum absolute atomic E-state index is 0.0315. The first-order valence-electron chi connectivity index (χ1n) is 6.72. The molecular weight excluding hydrogens is 232 g/mol. The molecule has 1 atom stereocenters. The highest BCUT2D eigenvalue weighted by Crippen LogP contribution is 2.43. The molecule has 104 valence electrons. The van der Waals surface area contributed by atoms with Gasteiger partial charge in [0.1, 0.15) is 0 Å². The lowest BCUT2D eigenvalue weighted by molar-refractivity contribution is -0.142. The molecule has 1 aliphatic rings. The molecule has 0 bridgehead atoms. The zero-order valence-corrected chi connectivity index (χ0v) is 11.1. The molecule has 0 heterocycles. The van der Waals surface area contributed by atoms with Gasteiger partial charge >= 0.3 is 5.97 Å². The van der Waals surface area contributed by atoms with Crippen molar-refractivity contribution in [2.45, 2.75) is 45.4 Å². The third-order valence-corrected chi connectivity index (χ3v) is 3.87. The molecule has 0 radical (unpaired) electrons. The van der Waals surface area contributed by atoms with Crippen LogP contribution in [0.2, 0.25) is 0 Å². The maximum atomic E-state index is 11.9. The van der Waals surface area contributed by atoms with Gasteiger partial charge in [0.15, 0.2) is 0 Å². The van der Waals surface area contributed by atoms with Gasteiger partial charge in [-0.15, -0.1) is 0 Å². The fraction of sp³-hybridized carbons (Fsp3) is 0.846. The molecule has 1 fully saturated rings. The second-order valence-electron chi connectivity index (χ2n) is 5.36. The lowest BCUT2D eigenvalue weighted by Gasteiger charge is -2.41. The van der Waals surface area contributed by atoms with E-state index in [1.54, 1.807) is 0 Å². The maximum Gasteiger partial charge on any atom is 0.303 e. The van der Waals surface area contributed by atoms with E-state index in [0.717, 1.165) is 32.1 Å². The van der Waals surface area contributed by atoms with Crippen molar-refractivity contribution in [2.75, 3.05) is 13.1 Å². The highest BCUT2D eigenvalue weighted by atomic mass is 16.4. The number of carboxylic acids is 1. The Morgan fingerprint density at radius 2 is 2.11 bits per heavy atom. The predicted molar refractivity (Wildman–Crippen MR) is 69.0 cm³/mol. The van der Waals surface area contributed by atoms with Gasteiger partial charge in [0.25, 0.3) is 0 Å². The van der Waals surface area contributed by atoms with Crippen LogP contribution in [-0.2, 0) is 9.59 Å². The minimum atomic E-state index is -0.784. The molecule has 0 aromatic carbocycles. The number of aliphatic carboxylic acids is 1. The summed E-state index contributed by atoms with van der Waals surface area (Å²) in [6.07, 6.45) is 4.69. The summed E-state index contributed by atoms with van der Waals surface area (Å²) in [4.78, 5) is 22.7. The minimum Gasteiger partial charge on any atom is -0.481 e. The summed E-state index contributed by atoms with van der Waals surface area (Å²) >= 11 is 0. The van der Waals surface area contributed by atoms with Crippen molar-refractivity contribution in [1.82, 2.24) is 5.32 Å². The molecule has 5 nitrogen and oxygen atoms in total. The van der Waals surface area contributed by atoms with Crippen molar-refractivity contribution in [2.24, 2.45) is 17.1 Å². The van der Waals surface area contributed by atoms with Crippen LogP contribution in [0.1, 0.15) is 45.4 Å². The Hall–Kier alpha value is -1.10. The van der Waals surface area contributed by atoms with E-state index in [9.17, 15) is 9.59 Å². The number of carbonyl (C=O) groups excluding carboxylic acids is 1. The normalized spacial score (nSPS) is 18.8. The number of nitrogens with one attached hydrogen (secondary N) is 1. The van der Waals surface area contributed by atoms with Crippen molar-refractivity contribution in [1.29, 1.82) is 0 Å². The second kappa shape index (κ2) is 6.73. The number of nitrogens with two attached hydrogens (primary N) is 1. The fourth-order valence-electron chi connectivity index (χ4n) is 2.54. The van der Waals surface area contributed by atoms with Crippen molar-refractivity contribution in [3.05, 3.63) is 0 Å². The van der Waals surface area contributed by atoms with E-state index in [0.29, 0.717) is 13.1 Å². The molecule has 0 aromatic heterocycles. The molecular formula is C13H24N2O3. The smallest absolute Gasteiger partial charge is 0.303 e. The molecule has 0 aliphatic heterocycles. The van der Waals surface area contributed by atoms with Crippen LogP contribution in [0.25, 0.3) is 0 Å². The van der Waals surface area contributed by atoms with Gasteiger partial charge in [0, 0.05) is 13.1 Å². The van der Waals surface area contributed by atoms with Gasteiger partial charge in [-0.1, -0.05) is 19.8 Å². The SMILES string of the molecule is CCCC(CN)C(=O)NCC1(CC(=O)O)CCC1. The molecule has 1 aliphatic carbocycles. The highest BCUT2D eigenvalue weighted by Gasteiger charge is 2.39. The monoisotopic (exact) mass is 256 g/mol. The lowest BCUT2D eigenvalue weighted by Crippen LogP contribution is -2.46. The Kier molecular flexibility index (Phi) is 5.59. The van der Waals surface area contributed by atoms with Crippen LogP contribution in [-0.4, -0.2) is 30.1 Å². The van der Waals surface area contributed by atoms with Crippen molar-refractivity contribution >= 4 is 11.9 Å². The first-order chi connectivity index (χ1) is 8.53. The van der Waals surface area contributed by atoms with E-state index >= 15 is 0 Å². The summed E-state index contributed by atoms with van der Waals surface area (Å²) < 4.78 is 0. The van der Waals surface area contributed by atoms with Gasteiger partial charge < -0.3 is 16.2 Å². The Balaban J connectivity index is 2.42. The molecule has 1 amide bonds. The number of carboxylic acid groups (broad SMARTS) is 1. The van der Waals surface area contributed by atoms with Crippen molar-refractivity contribution in [3.63, 3.8) is 0 Å². The Morgan fingerprint density at radius 1 is 1.44 bits per heavy atom. The number of amides is 1. The Labute approximate surface area is 108 Å². The van der Waals surface area contributed by atoms with Gasteiger partial charge in [-0.05, 0) is 24.7 Å².